The lowest BCUT2D eigenvalue weighted by Crippen LogP contribution is -2.45. The van der Waals surface area contributed by atoms with Gasteiger partial charge in [0, 0.05) is 13.1 Å². The lowest BCUT2D eigenvalue weighted by atomic mass is 10.2. The third-order valence-corrected chi connectivity index (χ3v) is 4.69. The summed E-state index contributed by atoms with van der Waals surface area (Å²) in [7, 11) is 0. The number of nitrogens with zero attached hydrogens (tertiary/aromatic N) is 3. The number of ether oxygens (including phenoxy) is 1. The maximum Gasteiger partial charge on any atom is 0.417 e. The van der Waals surface area contributed by atoms with Crippen LogP contribution in [0.15, 0.2) is 9.98 Å². The lowest BCUT2D eigenvalue weighted by molar-refractivity contribution is 0.107. The summed E-state index contributed by atoms with van der Waals surface area (Å²) in [5, 5.41) is 2.79. The first-order valence-corrected chi connectivity index (χ1v) is 11.5. The van der Waals surface area contributed by atoms with Crippen LogP contribution >= 0.6 is 0 Å². The molecule has 0 atom stereocenters. The third-order valence-electron chi connectivity index (χ3n) is 4.69. The topological polar surface area (TPSA) is 118 Å². The van der Waals surface area contributed by atoms with Crippen LogP contribution in [0.2, 0.25) is 0 Å². The van der Waals surface area contributed by atoms with E-state index in [1.807, 2.05) is 0 Å². The number of nitrogens with one attached hydrogen (secondary N) is 1. The molecule has 1 N–H and O–H groups in total. The molecule has 0 aliphatic rings. The van der Waals surface area contributed by atoms with E-state index in [4.69, 9.17) is 4.74 Å². The first-order chi connectivity index (χ1) is 15.2. The number of aliphatic imine (C=N–C) groups is 2. The van der Waals surface area contributed by atoms with Crippen LogP contribution in [0, 0.1) is 0 Å². The number of amides is 3. The second-order valence-electron chi connectivity index (χ2n) is 7.33. The molecule has 0 saturated heterocycles. The van der Waals surface area contributed by atoms with Crippen molar-refractivity contribution in [3.8, 4) is 0 Å². The van der Waals surface area contributed by atoms with Gasteiger partial charge in [0.15, 0.2) is 0 Å². The van der Waals surface area contributed by atoms with Gasteiger partial charge in [-0.1, -0.05) is 51.9 Å². The number of isocyanates is 2. The zero-order valence-electron chi connectivity index (χ0n) is 18.9. The predicted molar refractivity (Wildman–Crippen MR) is 119 cm³/mol. The summed E-state index contributed by atoms with van der Waals surface area (Å²) in [4.78, 5) is 53.1. The monoisotopic (exact) mass is 438 g/mol. The van der Waals surface area contributed by atoms with Crippen molar-refractivity contribution in [3.63, 3.8) is 0 Å². The largest absolute Gasteiger partial charge is 0.449 e. The highest BCUT2D eigenvalue weighted by atomic mass is 16.6. The van der Waals surface area contributed by atoms with Crippen molar-refractivity contribution in [2.45, 2.75) is 84.0 Å². The Kier molecular flexibility index (Phi) is 20.4. The number of unbranched alkanes of at least 4 members (excludes halogenated alkanes) is 9. The third kappa shape index (κ3) is 18.0. The Morgan fingerprint density at radius 3 is 2.00 bits per heavy atom. The van der Waals surface area contributed by atoms with Gasteiger partial charge in [-0.05, 0) is 32.1 Å². The smallest absolute Gasteiger partial charge is 0.417 e. The molecule has 9 heteroatoms. The van der Waals surface area contributed by atoms with E-state index in [2.05, 4.69) is 22.2 Å². The molecule has 0 aliphatic heterocycles. The van der Waals surface area contributed by atoms with E-state index in [1.54, 1.807) is 0 Å². The van der Waals surface area contributed by atoms with Crippen molar-refractivity contribution in [2.75, 3.05) is 32.8 Å². The van der Waals surface area contributed by atoms with Crippen LogP contribution in [0.3, 0.4) is 0 Å². The van der Waals surface area contributed by atoms with E-state index < -0.39 is 12.1 Å². The predicted octanol–water partition coefficient (Wildman–Crippen LogP) is 4.51. The first kappa shape index (κ1) is 28.5. The van der Waals surface area contributed by atoms with Crippen LogP contribution in [0.25, 0.3) is 0 Å². The molecular weight excluding hydrogens is 400 g/mol. The fourth-order valence-corrected chi connectivity index (χ4v) is 2.91. The summed E-state index contributed by atoms with van der Waals surface area (Å²) in [6.45, 7) is 4.13. The van der Waals surface area contributed by atoms with Crippen LogP contribution < -0.4 is 5.32 Å². The van der Waals surface area contributed by atoms with Crippen molar-refractivity contribution < 1.29 is 23.9 Å². The maximum atomic E-state index is 12.5. The van der Waals surface area contributed by atoms with Gasteiger partial charge in [-0.2, -0.15) is 0 Å². The van der Waals surface area contributed by atoms with E-state index in [0.29, 0.717) is 39.2 Å². The summed E-state index contributed by atoms with van der Waals surface area (Å²) in [6, 6.07) is -0.435. The summed E-state index contributed by atoms with van der Waals surface area (Å²) < 4.78 is 5.29. The fourth-order valence-electron chi connectivity index (χ4n) is 2.91. The molecule has 0 fully saturated rings. The molecule has 0 radical (unpaired) electrons. The molecule has 0 bridgehead atoms. The molecule has 0 aromatic heterocycles. The van der Waals surface area contributed by atoms with Crippen molar-refractivity contribution in [3.05, 3.63) is 0 Å². The Hall–Kier alpha value is -2.50. The van der Waals surface area contributed by atoms with Gasteiger partial charge in [-0.25, -0.2) is 34.1 Å². The molecule has 31 heavy (non-hydrogen) atoms. The first-order valence-electron chi connectivity index (χ1n) is 11.5. The molecule has 0 unspecified atom stereocenters. The second-order valence-corrected chi connectivity index (χ2v) is 7.33. The van der Waals surface area contributed by atoms with Gasteiger partial charge in [0.2, 0.25) is 12.2 Å². The van der Waals surface area contributed by atoms with Crippen molar-refractivity contribution in [2.24, 2.45) is 9.98 Å². The van der Waals surface area contributed by atoms with Crippen LogP contribution in [0.5, 0.6) is 0 Å². The zero-order valence-corrected chi connectivity index (χ0v) is 18.9. The van der Waals surface area contributed by atoms with E-state index in [9.17, 15) is 19.2 Å². The SMILES string of the molecule is CCCCCCOC(=O)N(CCCCCCN=C=O)C(=O)NCCCCCCN=C=O. The lowest BCUT2D eigenvalue weighted by Gasteiger charge is -2.21. The number of imide groups is 1. The van der Waals surface area contributed by atoms with Crippen molar-refractivity contribution in [1.82, 2.24) is 10.2 Å². The summed E-state index contributed by atoms with van der Waals surface area (Å²) in [6.07, 6.45) is 13.0. The van der Waals surface area contributed by atoms with Gasteiger partial charge in [-0.3, -0.25) is 0 Å². The Morgan fingerprint density at radius 2 is 1.39 bits per heavy atom. The van der Waals surface area contributed by atoms with Gasteiger partial charge in [0.05, 0.1) is 19.7 Å². The molecule has 0 aromatic carbocycles. The molecule has 0 aromatic rings. The Balaban J connectivity index is 4.31. The zero-order chi connectivity index (χ0) is 23.0. The number of hydrogen-bond acceptors (Lipinski definition) is 7. The maximum absolute atomic E-state index is 12.5. The van der Waals surface area contributed by atoms with Crippen LogP contribution in [-0.4, -0.2) is 62.0 Å². The number of carbonyl (C=O) groups is 2. The molecule has 0 spiro atoms. The molecule has 176 valence electrons. The Bertz CT molecular complexity index is 572. The van der Waals surface area contributed by atoms with Gasteiger partial charge in [0.25, 0.3) is 0 Å². The molecular formula is C22H38N4O5. The summed E-state index contributed by atoms with van der Waals surface area (Å²) >= 11 is 0. The minimum Gasteiger partial charge on any atom is -0.449 e. The highest BCUT2D eigenvalue weighted by Gasteiger charge is 2.22. The normalized spacial score (nSPS) is 9.97. The van der Waals surface area contributed by atoms with Crippen LogP contribution in [0.1, 0.15) is 84.0 Å². The van der Waals surface area contributed by atoms with Gasteiger partial charge in [0.1, 0.15) is 0 Å². The number of urea groups is 1. The molecule has 9 nitrogen and oxygen atoms in total. The molecule has 0 aliphatic carbocycles. The van der Waals surface area contributed by atoms with E-state index in [0.717, 1.165) is 75.5 Å². The molecule has 0 heterocycles. The quantitative estimate of drug-likeness (QED) is 0.181. The van der Waals surface area contributed by atoms with Gasteiger partial charge < -0.3 is 10.1 Å². The molecule has 0 rings (SSSR count). The second kappa shape index (κ2) is 22.2. The van der Waals surface area contributed by atoms with Crippen molar-refractivity contribution >= 4 is 24.3 Å². The highest BCUT2D eigenvalue weighted by molar-refractivity contribution is 5.90. The van der Waals surface area contributed by atoms with Crippen molar-refractivity contribution in [1.29, 1.82) is 0 Å². The van der Waals surface area contributed by atoms with Crippen LogP contribution in [-0.2, 0) is 14.3 Å². The summed E-state index contributed by atoms with van der Waals surface area (Å²) in [5.41, 5.74) is 0. The fraction of sp³-hybridized carbons (Fsp3) is 0.818. The Morgan fingerprint density at radius 1 is 0.806 bits per heavy atom. The van der Waals surface area contributed by atoms with Gasteiger partial charge >= 0.3 is 12.1 Å². The average molecular weight is 439 g/mol. The minimum atomic E-state index is -0.605. The van der Waals surface area contributed by atoms with Gasteiger partial charge in [-0.15, -0.1) is 0 Å². The summed E-state index contributed by atoms with van der Waals surface area (Å²) in [5.74, 6) is 0. The average Bonchev–Trinajstić information content (AvgIpc) is 2.77. The Labute approximate surface area is 185 Å². The number of carbonyl (C=O) groups excluding carboxylic acids is 4. The highest BCUT2D eigenvalue weighted by Crippen LogP contribution is 2.06. The molecule has 3 amide bonds. The van der Waals surface area contributed by atoms with E-state index >= 15 is 0 Å². The van der Waals surface area contributed by atoms with Crippen LogP contribution in [0.4, 0.5) is 9.59 Å². The van der Waals surface area contributed by atoms with E-state index in [1.165, 1.54) is 12.2 Å². The molecule has 0 saturated carbocycles. The standard InChI is InChI=1S/C22H38N4O5/c1-2-3-4-13-18-31-22(30)26(17-12-8-7-10-15-24-20-28)21(29)25-16-11-6-5-9-14-23-19-27/h2-18H2,1H3,(H,25,29). The minimum absolute atomic E-state index is 0.292. The van der Waals surface area contributed by atoms with E-state index in [-0.39, 0.29) is 0 Å². The number of hydrogen-bond donors (Lipinski definition) is 1. The number of rotatable bonds is 19.